The molecule has 0 atom stereocenters. The first-order valence-corrected chi connectivity index (χ1v) is 5.77. The van der Waals surface area contributed by atoms with Crippen LogP contribution in [0.3, 0.4) is 0 Å². The average molecular weight is 266 g/mol. The van der Waals surface area contributed by atoms with Crippen LogP contribution in [0.5, 0.6) is 0 Å². The molecule has 1 aromatic carbocycles. The molecule has 0 saturated carbocycles. The molecule has 5 nitrogen and oxygen atoms in total. The predicted octanol–water partition coefficient (Wildman–Crippen LogP) is 2.28. The largest absolute Gasteiger partial charge is 0.462 e. The number of anilines is 1. The molecule has 0 aliphatic heterocycles. The normalized spacial score (nSPS) is 10.3. The summed E-state index contributed by atoms with van der Waals surface area (Å²) < 4.78 is 6.34. The number of nitrogens with two attached hydrogens (primary N) is 1. The molecule has 0 fully saturated rings. The molecule has 0 bridgehead atoms. The molecule has 0 radical (unpaired) electrons. The number of hydrogen-bond acceptors (Lipinski definition) is 4. The maximum atomic E-state index is 11.5. The number of para-hydroxylation sites is 1. The van der Waals surface area contributed by atoms with E-state index in [2.05, 4.69) is 5.10 Å². The highest BCUT2D eigenvalue weighted by Crippen LogP contribution is 2.25. The Balaban J connectivity index is 2.38. The van der Waals surface area contributed by atoms with Gasteiger partial charge in [-0.05, 0) is 19.1 Å². The fourth-order valence-electron chi connectivity index (χ4n) is 1.54. The van der Waals surface area contributed by atoms with Gasteiger partial charge in [-0.1, -0.05) is 17.7 Å². The maximum absolute atomic E-state index is 11.5. The van der Waals surface area contributed by atoms with Gasteiger partial charge in [0.2, 0.25) is 0 Å². The van der Waals surface area contributed by atoms with Crippen LogP contribution in [0.25, 0.3) is 5.69 Å². The van der Waals surface area contributed by atoms with Gasteiger partial charge < -0.3 is 10.5 Å². The highest BCUT2D eigenvalue weighted by Gasteiger charge is 2.13. The Bertz CT molecular complexity index is 560. The van der Waals surface area contributed by atoms with Crippen molar-refractivity contribution in [1.29, 1.82) is 0 Å². The number of carbonyl (C=O) groups is 1. The van der Waals surface area contributed by atoms with E-state index in [4.69, 9.17) is 22.1 Å². The van der Waals surface area contributed by atoms with E-state index in [0.717, 1.165) is 0 Å². The summed E-state index contributed by atoms with van der Waals surface area (Å²) >= 11 is 6.06. The monoisotopic (exact) mass is 265 g/mol. The molecule has 2 N–H and O–H groups in total. The van der Waals surface area contributed by atoms with Crippen LogP contribution in [0.1, 0.15) is 17.3 Å². The fourth-order valence-corrected chi connectivity index (χ4v) is 1.81. The molecule has 18 heavy (non-hydrogen) atoms. The number of nitrogen functional groups attached to an aromatic ring is 1. The third-order valence-electron chi connectivity index (χ3n) is 2.34. The lowest BCUT2D eigenvalue weighted by atomic mass is 10.2. The van der Waals surface area contributed by atoms with E-state index in [1.54, 1.807) is 25.1 Å². The Hall–Kier alpha value is -2.01. The van der Waals surface area contributed by atoms with Crippen molar-refractivity contribution in [1.82, 2.24) is 9.78 Å². The molecule has 2 rings (SSSR count). The summed E-state index contributed by atoms with van der Waals surface area (Å²) in [5.74, 6) is -0.422. The molecule has 6 heteroatoms. The van der Waals surface area contributed by atoms with Crippen LogP contribution in [0.15, 0.2) is 30.6 Å². The second-order valence-corrected chi connectivity index (χ2v) is 3.98. The Morgan fingerprint density at radius 1 is 1.56 bits per heavy atom. The molecule has 0 aliphatic rings. The zero-order valence-corrected chi connectivity index (χ0v) is 10.5. The van der Waals surface area contributed by atoms with Crippen LogP contribution >= 0.6 is 11.6 Å². The van der Waals surface area contributed by atoms with E-state index < -0.39 is 5.97 Å². The summed E-state index contributed by atoms with van der Waals surface area (Å²) in [7, 11) is 0. The van der Waals surface area contributed by atoms with Crippen LogP contribution in [0.2, 0.25) is 5.02 Å². The van der Waals surface area contributed by atoms with Crippen molar-refractivity contribution in [2.75, 3.05) is 12.3 Å². The number of ether oxygens (including phenoxy) is 1. The van der Waals surface area contributed by atoms with Crippen LogP contribution < -0.4 is 5.73 Å². The van der Waals surface area contributed by atoms with E-state index in [1.807, 2.05) is 0 Å². The molecular formula is C12H12ClN3O2. The van der Waals surface area contributed by atoms with Gasteiger partial charge in [-0.3, -0.25) is 0 Å². The second-order valence-electron chi connectivity index (χ2n) is 3.57. The Labute approximate surface area is 109 Å². The number of benzene rings is 1. The molecule has 0 amide bonds. The van der Waals surface area contributed by atoms with Crippen molar-refractivity contribution in [2.24, 2.45) is 0 Å². The predicted molar refractivity (Wildman–Crippen MR) is 68.9 cm³/mol. The molecular weight excluding hydrogens is 254 g/mol. The lowest BCUT2D eigenvalue weighted by Crippen LogP contribution is -2.04. The van der Waals surface area contributed by atoms with E-state index in [1.165, 1.54) is 17.1 Å². The number of rotatable bonds is 3. The molecule has 94 valence electrons. The van der Waals surface area contributed by atoms with Gasteiger partial charge in [-0.25, -0.2) is 9.48 Å². The van der Waals surface area contributed by atoms with Crippen molar-refractivity contribution in [3.8, 4) is 5.69 Å². The minimum atomic E-state index is -0.422. The van der Waals surface area contributed by atoms with E-state index >= 15 is 0 Å². The molecule has 0 unspecified atom stereocenters. The number of carbonyl (C=O) groups excluding carboxylic acids is 1. The minimum absolute atomic E-state index is 0.318. The van der Waals surface area contributed by atoms with Crippen molar-refractivity contribution in [3.63, 3.8) is 0 Å². The summed E-state index contributed by atoms with van der Waals surface area (Å²) in [6, 6.07) is 5.17. The van der Waals surface area contributed by atoms with Gasteiger partial charge >= 0.3 is 5.97 Å². The Morgan fingerprint density at radius 3 is 3.00 bits per heavy atom. The lowest BCUT2D eigenvalue weighted by Gasteiger charge is -2.07. The smallest absolute Gasteiger partial charge is 0.341 e. The zero-order valence-electron chi connectivity index (χ0n) is 9.76. The number of hydrogen-bond donors (Lipinski definition) is 1. The van der Waals surface area contributed by atoms with E-state index in [0.29, 0.717) is 28.6 Å². The second kappa shape index (κ2) is 5.10. The molecule has 0 saturated heterocycles. The SMILES string of the molecule is CCOC(=O)c1cnn(-c2c(N)cccc2Cl)c1. The van der Waals surface area contributed by atoms with Gasteiger partial charge in [0.05, 0.1) is 29.1 Å². The number of aromatic nitrogens is 2. The first-order chi connectivity index (χ1) is 8.63. The first kappa shape index (κ1) is 12.4. The highest BCUT2D eigenvalue weighted by atomic mass is 35.5. The summed E-state index contributed by atoms with van der Waals surface area (Å²) in [5.41, 5.74) is 7.23. The van der Waals surface area contributed by atoms with Crippen molar-refractivity contribution in [3.05, 3.63) is 41.2 Å². The first-order valence-electron chi connectivity index (χ1n) is 5.39. The highest BCUT2D eigenvalue weighted by molar-refractivity contribution is 6.32. The van der Waals surface area contributed by atoms with Crippen molar-refractivity contribution in [2.45, 2.75) is 6.92 Å². The standard InChI is InChI=1S/C12H12ClN3O2/c1-2-18-12(17)8-6-15-16(7-8)11-9(13)4-3-5-10(11)14/h3-7H,2,14H2,1H3. The van der Waals surface area contributed by atoms with Gasteiger partial charge in [-0.2, -0.15) is 5.10 Å². The molecule has 1 heterocycles. The van der Waals surface area contributed by atoms with Crippen molar-refractivity contribution < 1.29 is 9.53 Å². The maximum Gasteiger partial charge on any atom is 0.341 e. The van der Waals surface area contributed by atoms with Gasteiger partial charge in [0.15, 0.2) is 0 Å². The number of halogens is 1. The summed E-state index contributed by atoms with van der Waals surface area (Å²) in [6.07, 6.45) is 2.95. The van der Waals surface area contributed by atoms with E-state index in [-0.39, 0.29) is 0 Å². The third-order valence-corrected chi connectivity index (χ3v) is 2.65. The van der Waals surface area contributed by atoms with Gasteiger partial charge in [0.25, 0.3) is 0 Å². The molecule has 0 spiro atoms. The van der Waals surface area contributed by atoms with Crippen molar-refractivity contribution >= 4 is 23.3 Å². The van der Waals surface area contributed by atoms with Gasteiger partial charge in [0, 0.05) is 6.20 Å². The van der Waals surface area contributed by atoms with Gasteiger partial charge in [0.1, 0.15) is 5.69 Å². The summed E-state index contributed by atoms with van der Waals surface area (Å²) in [5, 5.41) is 4.53. The Morgan fingerprint density at radius 2 is 2.33 bits per heavy atom. The zero-order chi connectivity index (χ0) is 13.1. The van der Waals surface area contributed by atoms with Crippen LogP contribution in [-0.2, 0) is 4.74 Å². The van der Waals surface area contributed by atoms with Gasteiger partial charge in [-0.15, -0.1) is 0 Å². The van der Waals surface area contributed by atoms with E-state index in [9.17, 15) is 4.79 Å². The minimum Gasteiger partial charge on any atom is -0.462 e. The molecule has 0 aliphatic carbocycles. The van der Waals surface area contributed by atoms with Crippen LogP contribution in [-0.4, -0.2) is 22.4 Å². The number of esters is 1. The molecule has 2 aromatic rings. The summed E-state index contributed by atoms with van der Waals surface area (Å²) in [6.45, 7) is 2.06. The topological polar surface area (TPSA) is 70.1 Å². The summed E-state index contributed by atoms with van der Waals surface area (Å²) in [4.78, 5) is 11.5. The molecule has 1 aromatic heterocycles. The van der Waals surface area contributed by atoms with Crippen LogP contribution in [0, 0.1) is 0 Å². The lowest BCUT2D eigenvalue weighted by molar-refractivity contribution is 0.0526. The third kappa shape index (κ3) is 2.31. The average Bonchev–Trinajstić information content (AvgIpc) is 2.78. The fraction of sp³-hybridized carbons (Fsp3) is 0.167. The van der Waals surface area contributed by atoms with Crippen LogP contribution in [0.4, 0.5) is 5.69 Å². The quantitative estimate of drug-likeness (QED) is 0.683. The Kier molecular flexibility index (Phi) is 3.53. The number of nitrogens with zero attached hydrogens (tertiary/aromatic N) is 2.